The number of H-pyrrole nitrogens is 2. The van der Waals surface area contributed by atoms with Gasteiger partial charge in [0.2, 0.25) is 0 Å². The van der Waals surface area contributed by atoms with E-state index < -0.39 is 0 Å². The molecule has 0 fully saturated rings. The fourth-order valence-corrected chi connectivity index (χ4v) is 11.7. The van der Waals surface area contributed by atoms with Gasteiger partial charge in [-0.25, -0.2) is 9.97 Å². The Morgan fingerprint density at radius 3 is 0.943 bits per heavy atom. The molecular weight excluding hydrogens is 1070 g/mol. The van der Waals surface area contributed by atoms with Crippen molar-refractivity contribution in [3.8, 4) is 67.5 Å². The van der Waals surface area contributed by atoms with Gasteiger partial charge in [0.05, 0.1) is 132 Å². The third-order valence-electron chi connectivity index (χ3n) is 16.3. The van der Waals surface area contributed by atoms with E-state index in [1.165, 1.54) is 32.1 Å². The summed E-state index contributed by atoms with van der Waals surface area (Å²) in [6.45, 7) is 9.87. The van der Waals surface area contributed by atoms with E-state index in [9.17, 15) is 0 Å². The van der Waals surface area contributed by atoms with E-state index in [1.54, 1.807) is 0 Å². The fourth-order valence-electron chi connectivity index (χ4n) is 11.7. The van der Waals surface area contributed by atoms with Gasteiger partial charge < -0.3 is 42.4 Å². The van der Waals surface area contributed by atoms with Crippen LogP contribution in [0.3, 0.4) is 0 Å². The molecule has 0 spiro atoms. The number of hydrogen-bond donors (Lipinski definition) is 2. The molecule has 2 aliphatic heterocycles. The molecule has 460 valence electrons. The summed E-state index contributed by atoms with van der Waals surface area (Å²) in [6, 6.07) is 43.0. The molecule has 7 aromatic rings. The third-order valence-corrected chi connectivity index (χ3v) is 16.3. The Labute approximate surface area is 520 Å². The average molecular weight is 1180 g/mol. The SMILES string of the molecule is CCCCCCCC(CCC)Oc1ccc(-c2c3nc(c(-c4ccc(OCCCC[N+](C)(C)C)cc4)c4ccc([nH]4)c(-c4ccc(OCCCC[N+](C)(C)C)cc4)c4nc(c(-c5ccc(OCCCC[N+](C)(C)C)cc5)c5ccc2[nH]5)C=C4)C=C3)cc1. The Bertz CT molecular complexity index is 3490. The quantitative estimate of drug-likeness (QED) is 0.0322. The number of aromatic amines is 2. The highest BCUT2D eigenvalue weighted by Crippen LogP contribution is 2.40. The van der Waals surface area contributed by atoms with Crippen molar-refractivity contribution in [3.05, 3.63) is 144 Å². The maximum atomic E-state index is 6.77. The van der Waals surface area contributed by atoms with Gasteiger partial charge in [-0.3, -0.25) is 0 Å². The maximum Gasteiger partial charge on any atom is 0.119 e. The zero-order chi connectivity index (χ0) is 61.4. The molecule has 0 saturated heterocycles. The van der Waals surface area contributed by atoms with Gasteiger partial charge in [-0.2, -0.15) is 0 Å². The number of nitrogens with one attached hydrogen (secondary N) is 2. The predicted molar refractivity (Wildman–Crippen MR) is 366 cm³/mol. The van der Waals surface area contributed by atoms with E-state index in [1.807, 2.05) is 0 Å². The number of aromatic nitrogens is 4. The lowest BCUT2D eigenvalue weighted by Crippen LogP contribution is -2.35. The number of hydrogen-bond acceptors (Lipinski definition) is 6. The number of nitrogens with zero attached hydrogens (tertiary/aromatic N) is 5. The summed E-state index contributed by atoms with van der Waals surface area (Å²) in [6.07, 6.45) is 24.6. The van der Waals surface area contributed by atoms with Crippen LogP contribution >= 0.6 is 0 Å². The summed E-state index contributed by atoms with van der Waals surface area (Å²) in [7, 11) is 20.1. The van der Waals surface area contributed by atoms with Crippen LogP contribution in [0.1, 0.15) is 127 Å². The van der Waals surface area contributed by atoms with Gasteiger partial charge >= 0.3 is 0 Å². The van der Waals surface area contributed by atoms with E-state index in [2.05, 4.69) is 233 Å². The summed E-state index contributed by atoms with van der Waals surface area (Å²) in [4.78, 5) is 19.2. The van der Waals surface area contributed by atoms with Crippen molar-refractivity contribution < 1.29 is 32.4 Å². The van der Waals surface area contributed by atoms with Crippen molar-refractivity contribution in [1.82, 2.24) is 19.9 Å². The second-order valence-corrected chi connectivity index (χ2v) is 27.0. The molecule has 2 N–H and O–H groups in total. The number of benzene rings is 4. The maximum absolute atomic E-state index is 6.77. The summed E-state index contributed by atoms with van der Waals surface area (Å²) < 4.78 is 28.6. The monoisotopic (exact) mass is 1170 g/mol. The molecule has 8 bridgehead atoms. The molecule has 0 saturated carbocycles. The molecule has 1 unspecified atom stereocenters. The van der Waals surface area contributed by atoms with Crippen molar-refractivity contribution >= 4 is 46.4 Å². The second-order valence-electron chi connectivity index (χ2n) is 27.0. The molecule has 11 heteroatoms. The molecule has 1 atom stereocenters. The van der Waals surface area contributed by atoms with Gasteiger partial charge in [-0.1, -0.05) is 94.5 Å². The van der Waals surface area contributed by atoms with Gasteiger partial charge in [0.15, 0.2) is 0 Å². The highest BCUT2D eigenvalue weighted by Gasteiger charge is 2.21. The lowest BCUT2D eigenvalue weighted by Gasteiger charge is -2.23. The summed E-state index contributed by atoms with van der Waals surface area (Å²) in [5.41, 5.74) is 15.2. The normalized spacial score (nSPS) is 12.9. The predicted octanol–water partition coefficient (Wildman–Crippen LogP) is 17.8. The molecule has 2 aliphatic rings. The Balaban J connectivity index is 1.19. The highest BCUT2D eigenvalue weighted by atomic mass is 16.5. The molecule has 11 nitrogen and oxygen atoms in total. The smallest absolute Gasteiger partial charge is 0.119 e. The van der Waals surface area contributed by atoms with Crippen molar-refractivity contribution in [1.29, 1.82) is 0 Å². The lowest BCUT2D eigenvalue weighted by atomic mass is 10.0. The molecule has 5 heterocycles. The van der Waals surface area contributed by atoms with Crippen LogP contribution in [0.15, 0.2) is 121 Å². The van der Waals surface area contributed by atoms with Crippen molar-refractivity contribution in [2.24, 2.45) is 0 Å². The van der Waals surface area contributed by atoms with E-state index in [0.717, 1.165) is 203 Å². The summed E-state index contributed by atoms with van der Waals surface area (Å²) in [5.74, 6) is 3.45. The number of unbranched alkanes of at least 4 members (excludes halogenated alkanes) is 7. The molecule has 0 amide bonds. The topological polar surface area (TPSA) is 94.3 Å². The molecule has 87 heavy (non-hydrogen) atoms. The third kappa shape index (κ3) is 18.5. The Morgan fingerprint density at radius 1 is 0.333 bits per heavy atom. The van der Waals surface area contributed by atoms with Crippen LogP contribution in [0, 0.1) is 0 Å². The molecule has 0 aliphatic carbocycles. The number of fused-ring (bicyclic) bond motifs is 8. The largest absolute Gasteiger partial charge is 0.494 e. The van der Waals surface area contributed by atoms with Crippen LogP contribution in [0.2, 0.25) is 0 Å². The molecule has 3 aromatic heterocycles. The second kappa shape index (κ2) is 30.0. The Morgan fingerprint density at radius 2 is 0.644 bits per heavy atom. The van der Waals surface area contributed by atoms with Crippen molar-refractivity contribution in [3.63, 3.8) is 0 Å². The van der Waals surface area contributed by atoms with Gasteiger partial charge in [0.1, 0.15) is 23.0 Å². The van der Waals surface area contributed by atoms with Gasteiger partial charge in [0, 0.05) is 44.3 Å². The minimum atomic E-state index is 0.188. The van der Waals surface area contributed by atoms with Crippen LogP contribution in [0.25, 0.3) is 90.9 Å². The van der Waals surface area contributed by atoms with E-state index in [4.69, 9.17) is 28.9 Å². The van der Waals surface area contributed by atoms with Crippen LogP contribution in [0.5, 0.6) is 23.0 Å². The van der Waals surface area contributed by atoms with E-state index in [0.29, 0.717) is 19.8 Å². The van der Waals surface area contributed by atoms with Crippen molar-refractivity contribution in [2.45, 2.75) is 110 Å². The zero-order valence-electron chi connectivity index (χ0n) is 54.4. The van der Waals surface area contributed by atoms with E-state index >= 15 is 0 Å². The standard InChI is InChI=1S/C76H100N7O4/c1-12-14-15-16-17-25-63(24-13-2)87-64-40-32-59(33-41-64)76-71-48-46-69(79-71)74(57-28-36-61(37-29-57)85-54-22-19-51-82(6,7)8)67-44-42-65(77-67)73(56-26-34-60(35-27-56)84-53-21-18-50-81(3,4)5)66-43-45-68(78-66)75(70-47-49-72(76)80-70)58-30-38-62(39-31-58)86-55-23-20-52-83(9,10)11/h26-49,63,77,80H,12-25,50-55H2,1-11H3/q+3. The van der Waals surface area contributed by atoms with Crippen molar-refractivity contribution in [2.75, 3.05) is 103 Å². The number of ether oxygens (including phenoxy) is 4. The van der Waals surface area contributed by atoms with Crippen LogP contribution in [-0.4, -0.2) is 142 Å². The molecule has 0 radical (unpaired) electrons. The van der Waals surface area contributed by atoms with Crippen LogP contribution in [-0.2, 0) is 0 Å². The van der Waals surface area contributed by atoms with Gasteiger partial charge in [-0.05, 0) is 177 Å². The molecule has 9 rings (SSSR count). The Hall–Kier alpha value is -7.44. The minimum absolute atomic E-state index is 0.188. The van der Waals surface area contributed by atoms with Crippen LogP contribution in [0.4, 0.5) is 0 Å². The minimum Gasteiger partial charge on any atom is -0.494 e. The molecule has 4 aromatic carbocycles. The first-order valence-corrected chi connectivity index (χ1v) is 32.4. The first-order chi connectivity index (χ1) is 41.9. The highest BCUT2D eigenvalue weighted by molar-refractivity contribution is 6.00. The fraction of sp³-hybridized carbons (Fsp3) is 0.421. The number of quaternary nitrogens is 3. The summed E-state index contributed by atoms with van der Waals surface area (Å²) >= 11 is 0. The van der Waals surface area contributed by atoms with E-state index in [-0.39, 0.29) is 6.10 Å². The first-order valence-electron chi connectivity index (χ1n) is 32.4. The number of rotatable bonds is 32. The lowest BCUT2D eigenvalue weighted by molar-refractivity contribution is -0.870. The first kappa shape index (κ1) is 64.0. The summed E-state index contributed by atoms with van der Waals surface area (Å²) in [5, 5.41) is 0. The van der Waals surface area contributed by atoms with Gasteiger partial charge in [0.25, 0.3) is 0 Å². The average Bonchev–Trinajstić information content (AvgIpc) is 1.94. The van der Waals surface area contributed by atoms with Crippen LogP contribution < -0.4 is 18.9 Å². The van der Waals surface area contributed by atoms with Gasteiger partial charge in [-0.15, -0.1) is 0 Å². The zero-order valence-corrected chi connectivity index (χ0v) is 54.4. The Kier molecular flexibility index (Phi) is 22.1. The molecular formula is C76H100N7O4+3.